The van der Waals surface area contributed by atoms with E-state index in [0.29, 0.717) is 25.7 Å². The van der Waals surface area contributed by atoms with E-state index in [1.165, 1.54) is 0 Å². The second-order valence-corrected chi connectivity index (χ2v) is 4.66. The Kier molecular flexibility index (Phi) is 5.50. The number of aromatic nitrogens is 1. The van der Waals surface area contributed by atoms with Crippen molar-refractivity contribution in [1.29, 1.82) is 0 Å². The Labute approximate surface area is 115 Å². The normalized spacial score (nSPS) is 11.8. The van der Waals surface area contributed by atoms with Crippen molar-refractivity contribution in [3.05, 3.63) is 29.6 Å². The van der Waals surface area contributed by atoms with E-state index in [1.807, 2.05) is 13.8 Å². The lowest BCUT2D eigenvalue weighted by Crippen LogP contribution is -2.38. The van der Waals surface area contributed by atoms with Crippen LogP contribution in [-0.4, -0.2) is 34.9 Å². The summed E-state index contributed by atoms with van der Waals surface area (Å²) in [6.07, 6.45) is -3.15. The summed E-state index contributed by atoms with van der Waals surface area (Å²) >= 11 is 0. The number of nitrogens with zero attached hydrogens (tertiary/aromatic N) is 2. The van der Waals surface area contributed by atoms with Crippen LogP contribution in [0.4, 0.5) is 13.2 Å². The SMILES string of the molecule is CC(C)N(CCCN)C(=O)c1ccc(C(F)(F)F)cn1. The fraction of sp³-hybridized carbons (Fsp3) is 0.538. The number of hydrogen-bond acceptors (Lipinski definition) is 3. The Hall–Kier alpha value is -1.63. The Balaban J connectivity index is 2.89. The molecule has 7 heteroatoms. The molecular weight excluding hydrogens is 271 g/mol. The summed E-state index contributed by atoms with van der Waals surface area (Å²) < 4.78 is 37.3. The summed E-state index contributed by atoms with van der Waals surface area (Å²) in [6, 6.07) is 1.89. The number of carbonyl (C=O) groups is 1. The van der Waals surface area contributed by atoms with Gasteiger partial charge in [-0.3, -0.25) is 9.78 Å². The summed E-state index contributed by atoms with van der Waals surface area (Å²) in [6.45, 7) is 4.56. The van der Waals surface area contributed by atoms with Crippen molar-refractivity contribution >= 4 is 5.91 Å². The molecule has 0 unspecified atom stereocenters. The van der Waals surface area contributed by atoms with E-state index in [2.05, 4.69) is 4.98 Å². The molecule has 20 heavy (non-hydrogen) atoms. The number of nitrogens with two attached hydrogens (primary N) is 1. The molecule has 4 nitrogen and oxygen atoms in total. The average molecular weight is 289 g/mol. The smallest absolute Gasteiger partial charge is 0.335 e. The molecule has 0 aromatic carbocycles. The largest absolute Gasteiger partial charge is 0.417 e. The molecule has 0 aliphatic rings. The molecule has 0 radical (unpaired) electrons. The van der Waals surface area contributed by atoms with Gasteiger partial charge in [0.25, 0.3) is 5.91 Å². The topological polar surface area (TPSA) is 59.2 Å². The molecule has 0 bridgehead atoms. The summed E-state index contributed by atoms with van der Waals surface area (Å²) in [5, 5.41) is 0. The van der Waals surface area contributed by atoms with E-state index < -0.39 is 11.7 Å². The van der Waals surface area contributed by atoms with Crippen LogP contribution in [-0.2, 0) is 6.18 Å². The van der Waals surface area contributed by atoms with Gasteiger partial charge in [0, 0.05) is 18.8 Å². The molecule has 1 heterocycles. The van der Waals surface area contributed by atoms with E-state index in [9.17, 15) is 18.0 Å². The minimum Gasteiger partial charge on any atom is -0.335 e. The minimum atomic E-state index is -4.45. The van der Waals surface area contributed by atoms with Crippen LogP contribution in [0.15, 0.2) is 18.3 Å². The second-order valence-electron chi connectivity index (χ2n) is 4.66. The van der Waals surface area contributed by atoms with E-state index in [4.69, 9.17) is 5.73 Å². The van der Waals surface area contributed by atoms with Gasteiger partial charge in [0.2, 0.25) is 0 Å². The Bertz CT molecular complexity index is 443. The zero-order chi connectivity index (χ0) is 15.3. The van der Waals surface area contributed by atoms with E-state index in [1.54, 1.807) is 4.90 Å². The minimum absolute atomic E-state index is 0.00345. The molecule has 1 rings (SSSR count). The molecule has 0 saturated carbocycles. The van der Waals surface area contributed by atoms with Gasteiger partial charge in [-0.15, -0.1) is 0 Å². The highest BCUT2D eigenvalue weighted by Gasteiger charge is 2.31. The second kappa shape index (κ2) is 6.69. The molecule has 1 aromatic heterocycles. The Morgan fingerprint density at radius 2 is 2.05 bits per heavy atom. The van der Waals surface area contributed by atoms with Crippen LogP contribution in [0.5, 0.6) is 0 Å². The fourth-order valence-corrected chi connectivity index (χ4v) is 1.69. The molecule has 0 aliphatic carbocycles. The lowest BCUT2D eigenvalue weighted by molar-refractivity contribution is -0.137. The summed E-state index contributed by atoms with van der Waals surface area (Å²) in [7, 11) is 0. The third-order valence-corrected chi connectivity index (χ3v) is 2.80. The number of halogens is 3. The molecule has 0 atom stereocenters. The van der Waals surface area contributed by atoms with Crippen LogP contribution in [0, 0.1) is 0 Å². The van der Waals surface area contributed by atoms with Gasteiger partial charge in [-0.25, -0.2) is 0 Å². The average Bonchev–Trinajstić information content (AvgIpc) is 2.37. The fourth-order valence-electron chi connectivity index (χ4n) is 1.69. The first-order chi connectivity index (χ1) is 9.27. The highest BCUT2D eigenvalue weighted by atomic mass is 19.4. The number of rotatable bonds is 5. The predicted octanol–water partition coefficient (Wildman–Crippen LogP) is 2.30. The number of amides is 1. The molecule has 0 spiro atoms. The van der Waals surface area contributed by atoms with E-state index >= 15 is 0 Å². The highest BCUT2D eigenvalue weighted by molar-refractivity contribution is 5.92. The standard InChI is InChI=1S/C13H18F3N3O/c1-9(2)19(7-3-6-17)12(20)11-5-4-10(8-18-11)13(14,15)16/h4-5,8-9H,3,6-7,17H2,1-2H3. The van der Waals surface area contributed by atoms with Gasteiger partial charge in [-0.1, -0.05) is 0 Å². The molecule has 0 fully saturated rings. The van der Waals surface area contributed by atoms with Gasteiger partial charge in [0.05, 0.1) is 5.56 Å². The third kappa shape index (κ3) is 4.19. The van der Waals surface area contributed by atoms with Gasteiger partial charge in [-0.2, -0.15) is 13.2 Å². The molecule has 1 amide bonds. The zero-order valence-electron chi connectivity index (χ0n) is 11.4. The summed E-state index contributed by atoms with van der Waals surface area (Å²) in [4.78, 5) is 17.4. The molecule has 112 valence electrons. The number of alkyl halides is 3. The van der Waals surface area contributed by atoms with Gasteiger partial charge in [-0.05, 0) is 38.9 Å². The van der Waals surface area contributed by atoms with Crippen LogP contribution in [0.3, 0.4) is 0 Å². The molecule has 1 aromatic rings. The maximum atomic E-state index is 12.4. The van der Waals surface area contributed by atoms with Crippen molar-refractivity contribution < 1.29 is 18.0 Å². The number of hydrogen-bond donors (Lipinski definition) is 1. The van der Waals surface area contributed by atoms with Crippen molar-refractivity contribution in [2.45, 2.75) is 32.5 Å². The Morgan fingerprint density at radius 1 is 1.40 bits per heavy atom. The zero-order valence-corrected chi connectivity index (χ0v) is 11.4. The van der Waals surface area contributed by atoms with Crippen molar-refractivity contribution in [3.8, 4) is 0 Å². The van der Waals surface area contributed by atoms with Crippen molar-refractivity contribution in [2.24, 2.45) is 5.73 Å². The van der Waals surface area contributed by atoms with E-state index in [-0.39, 0.29) is 17.6 Å². The first kappa shape index (κ1) is 16.4. The summed E-state index contributed by atoms with van der Waals surface area (Å²) in [5.41, 5.74) is 4.54. The first-order valence-electron chi connectivity index (χ1n) is 6.31. The van der Waals surface area contributed by atoms with Gasteiger partial charge >= 0.3 is 6.18 Å². The first-order valence-corrected chi connectivity index (χ1v) is 6.31. The molecule has 0 aliphatic heterocycles. The van der Waals surface area contributed by atoms with Gasteiger partial charge in [0.1, 0.15) is 5.69 Å². The van der Waals surface area contributed by atoms with Crippen LogP contribution in [0.1, 0.15) is 36.3 Å². The Morgan fingerprint density at radius 3 is 2.45 bits per heavy atom. The van der Waals surface area contributed by atoms with Crippen LogP contribution < -0.4 is 5.73 Å². The maximum Gasteiger partial charge on any atom is 0.417 e. The number of pyridine rings is 1. The molecule has 0 saturated heterocycles. The van der Waals surface area contributed by atoms with Crippen LogP contribution in [0.25, 0.3) is 0 Å². The highest BCUT2D eigenvalue weighted by Crippen LogP contribution is 2.28. The van der Waals surface area contributed by atoms with Crippen molar-refractivity contribution in [1.82, 2.24) is 9.88 Å². The quantitative estimate of drug-likeness (QED) is 0.904. The summed E-state index contributed by atoms with van der Waals surface area (Å²) in [5.74, 6) is -0.387. The monoisotopic (exact) mass is 289 g/mol. The third-order valence-electron chi connectivity index (χ3n) is 2.80. The van der Waals surface area contributed by atoms with Crippen molar-refractivity contribution in [2.75, 3.05) is 13.1 Å². The maximum absolute atomic E-state index is 12.4. The van der Waals surface area contributed by atoms with E-state index in [0.717, 1.165) is 12.1 Å². The lowest BCUT2D eigenvalue weighted by atomic mass is 10.2. The van der Waals surface area contributed by atoms with Gasteiger partial charge < -0.3 is 10.6 Å². The molecule has 2 N–H and O–H groups in total. The van der Waals surface area contributed by atoms with Crippen molar-refractivity contribution in [3.63, 3.8) is 0 Å². The predicted molar refractivity (Wildman–Crippen MR) is 69.1 cm³/mol. The molecular formula is C13H18F3N3O. The lowest BCUT2D eigenvalue weighted by Gasteiger charge is -2.26. The van der Waals surface area contributed by atoms with Crippen LogP contribution >= 0.6 is 0 Å². The van der Waals surface area contributed by atoms with Gasteiger partial charge in [0.15, 0.2) is 0 Å². The van der Waals surface area contributed by atoms with Crippen LogP contribution in [0.2, 0.25) is 0 Å². The number of carbonyl (C=O) groups excluding carboxylic acids is 1.